The maximum absolute atomic E-state index is 12.1. The van der Waals surface area contributed by atoms with Gasteiger partial charge in [0.1, 0.15) is 0 Å². The van der Waals surface area contributed by atoms with E-state index in [1.807, 2.05) is 0 Å². The topological polar surface area (TPSA) is 105 Å². The number of nitro benzene ring substituents is 1. The maximum Gasteiger partial charge on any atom is 0.269 e. The number of morpholine rings is 1. The highest BCUT2D eigenvalue weighted by molar-refractivity contribution is 5.92. The Labute approximate surface area is 139 Å². The fourth-order valence-electron chi connectivity index (χ4n) is 2.31. The average molecular weight is 336 g/mol. The summed E-state index contributed by atoms with van der Waals surface area (Å²) in [7, 11) is 1.69. The predicted octanol–water partition coefficient (Wildman–Crippen LogP) is 0.324. The molecule has 130 valence electrons. The molecule has 0 atom stereocenters. The van der Waals surface area contributed by atoms with Crippen molar-refractivity contribution in [1.82, 2.24) is 9.80 Å². The van der Waals surface area contributed by atoms with Crippen LogP contribution < -0.4 is 5.32 Å². The van der Waals surface area contributed by atoms with Crippen LogP contribution in [0.25, 0.3) is 0 Å². The Bertz CT molecular complexity index is 598. The van der Waals surface area contributed by atoms with Crippen LogP contribution in [-0.2, 0) is 14.3 Å². The monoisotopic (exact) mass is 336 g/mol. The van der Waals surface area contributed by atoms with Crippen molar-refractivity contribution in [3.05, 3.63) is 34.4 Å². The van der Waals surface area contributed by atoms with Crippen molar-refractivity contribution in [3.63, 3.8) is 0 Å². The molecule has 1 saturated heterocycles. The van der Waals surface area contributed by atoms with Crippen molar-refractivity contribution in [2.75, 3.05) is 51.8 Å². The molecule has 0 radical (unpaired) electrons. The lowest BCUT2D eigenvalue weighted by molar-refractivity contribution is -0.384. The molecule has 9 nitrogen and oxygen atoms in total. The number of likely N-dealkylation sites (N-methyl/N-ethyl adjacent to an activating group) is 1. The molecule has 0 aliphatic carbocycles. The van der Waals surface area contributed by atoms with Gasteiger partial charge in [0.25, 0.3) is 5.69 Å². The van der Waals surface area contributed by atoms with Gasteiger partial charge in [-0.25, -0.2) is 0 Å². The number of nitrogens with zero attached hydrogens (tertiary/aromatic N) is 3. The van der Waals surface area contributed by atoms with Crippen LogP contribution in [0.1, 0.15) is 0 Å². The number of carbonyl (C=O) groups is 2. The van der Waals surface area contributed by atoms with Crippen LogP contribution >= 0.6 is 0 Å². The Hall–Kier alpha value is -2.52. The maximum atomic E-state index is 12.1. The second-order valence-electron chi connectivity index (χ2n) is 5.52. The number of amides is 2. The summed E-state index contributed by atoms with van der Waals surface area (Å²) < 4.78 is 5.20. The molecule has 1 aliphatic heterocycles. The number of carbonyl (C=O) groups excluding carboxylic acids is 2. The lowest BCUT2D eigenvalue weighted by Crippen LogP contribution is -2.46. The van der Waals surface area contributed by atoms with Crippen LogP contribution in [0, 0.1) is 10.1 Å². The number of benzene rings is 1. The Kier molecular flexibility index (Phi) is 6.21. The van der Waals surface area contributed by atoms with Crippen LogP contribution in [0.3, 0.4) is 0 Å². The number of hydrogen-bond donors (Lipinski definition) is 1. The zero-order valence-electron chi connectivity index (χ0n) is 13.4. The lowest BCUT2D eigenvalue weighted by atomic mass is 10.3. The van der Waals surface area contributed by atoms with E-state index < -0.39 is 4.92 Å². The summed E-state index contributed by atoms with van der Waals surface area (Å²) in [4.78, 5) is 37.5. The zero-order chi connectivity index (χ0) is 17.5. The second kappa shape index (κ2) is 8.37. The van der Waals surface area contributed by atoms with Gasteiger partial charge >= 0.3 is 0 Å². The number of hydrogen-bond acceptors (Lipinski definition) is 6. The van der Waals surface area contributed by atoms with E-state index in [-0.39, 0.29) is 30.6 Å². The Morgan fingerprint density at radius 1 is 1.25 bits per heavy atom. The van der Waals surface area contributed by atoms with E-state index in [2.05, 4.69) is 5.32 Å². The Morgan fingerprint density at radius 3 is 2.46 bits per heavy atom. The summed E-state index contributed by atoms with van der Waals surface area (Å²) in [5, 5.41) is 13.2. The van der Waals surface area contributed by atoms with Gasteiger partial charge in [-0.2, -0.15) is 0 Å². The van der Waals surface area contributed by atoms with Gasteiger partial charge in [-0.3, -0.25) is 24.6 Å². The van der Waals surface area contributed by atoms with Crippen LogP contribution in [0.2, 0.25) is 0 Å². The molecular formula is C15H20N4O5. The first-order valence-corrected chi connectivity index (χ1v) is 7.54. The smallest absolute Gasteiger partial charge is 0.269 e. The summed E-state index contributed by atoms with van der Waals surface area (Å²) in [5.41, 5.74) is 0.430. The zero-order valence-corrected chi connectivity index (χ0v) is 13.4. The normalized spacial score (nSPS) is 14.5. The minimum Gasteiger partial charge on any atom is -0.378 e. The summed E-state index contributed by atoms with van der Waals surface area (Å²) in [6.07, 6.45) is 0. The van der Waals surface area contributed by atoms with E-state index in [0.717, 1.165) is 0 Å². The highest BCUT2D eigenvalue weighted by Crippen LogP contribution is 2.15. The standard InChI is InChI=1S/C15H20N4O5/c1-17(11-15(21)18-6-8-24-9-7-18)10-14(20)16-12-2-4-13(5-3-12)19(22)23/h2-5H,6-11H2,1H3,(H,16,20). The number of rotatable bonds is 6. The lowest BCUT2D eigenvalue weighted by Gasteiger charge is -2.28. The number of non-ortho nitro benzene ring substituents is 1. The molecule has 2 rings (SSSR count). The fourth-order valence-corrected chi connectivity index (χ4v) is 2.31. The molecule has 0 spiro atoms. The van der Waals surface area contributed by atoms with Gasteiger partial charge < -0.3 is 15.0 Å². The van der Waals surface area contributed by atoms with Gasteiger partial charge in [0, 0.05) is 30.9 Å². The third kappa shape index (κ3) is 5.28. The molecule has 1 heterocycles. The number of ether oxygens (including phenoxy) is 1. The van der Waals surface area contributed by atoms with E-state index >= 15 is 0 Å². The van der Waals surface area contributed by atoms with Gasteiger partial charge in [0.15, 0.2) is 0 Å². The summed E-state index contributed by atoms with van der Waals surface area (Å²) >= 11 is 0. The van der Waals surface area contributed by atoms with Crippen molar-refractivity contribution in [2.45, 2.75) is 0 Å². The van der Waals surface area contributed by atoms with Crippen molar-refractivity contribution in [2.24, 2.45) is 0 Å². The van der Waals surface area contributed by atoms with Crippen molar-refractivity contribution >= 4 is 23.2 Å². The molecule has 9 heteroatoms. The van der Waals surface area contributed by atoms with Gasteiger partial charge in [0.2, 0.25) is 11.8 Å². The van der Waals surface area contributed by atoms with Gasteiger partial charge in [-0.05, 0) is 19.2 Å². The molecule has 1 aromatic rings. The highest BCUT2D eigenvalue weighted by Gasteiger charge is 2.19. The average Bonchev–Trinajstić information content (AvgIpc) is 2.55. The van der Waals surface area contributed by atoms with Crippen LogP contribution in [0.4, 0.5) is 11.4 Å². The largest absolute Gasteiger partial charge is 0.378 e. The van der Waals surface area contributed by atoms with Crippen molar-refractivity contribution in [1.29, 1.82) is 0 Å². The first kappa shape index (κ1) is 17.8. The second-order valence-corrected chi connectivity index (χ2v) is 5.52. The molecular weight excluding hydrogens is 316 g/mol. The highest BCUT2D eigenvalue weighted by atomic mass is 16.6. The molecule has 0 aromatic heterocycles. The van der Waals surface area contributed by atoms with E-state index in [1.54, 1.807) is 16.8 Å². The molecule has 24 heavy (non-hydrogen) atoms. The van der Waals surface area contributed by atoms with E-state index in [9.17, 15) is 19.7 Å². The van der Waals surface area contributed by atoms with E-state index in [1.165, 1.54) is 24.3 Å². The fraction of sp³-hybridized carbons (Fsp3) is 0.467. The summed E-state index contributed by atoms with van der Waals surface area (Å²) in [5.74, 6) is -0.329. The van der Waals surface area contributed by atoms with Crippen LogP contribution in [-0.4, -0.2) is 73.0 Å². The van der Waals surface area contributed by atoms with Gasteiger partial charge in [0.05, 0.1) is 31.2 Å². The third-order valence-electron chi connectivity index (χ3n) is 3.54. The summed E-state index contributed by atoms with van der Waals surface area (Å²) in [6.45, 7) is 2.41. The molecule has 1 aromatic carbocycles. The Morgan fingerprint density at radius 2 is 1.88 bits per heavy atom. The number of anilines is 1. The van der Waals surface area contributed by atoms with E-state index in [4.69, 9.17) is 4.74 Å². The molecule has 1 aliphatic rings. The first-order chi connectivity index (χ1) is 11.5. The quantitative estimate of drug-likeness (QED) is 0.593. The third-order valence-corrected chi connectivity index (χ3v) is 3.54. The van der Waals surface area contributed by atoms with Gasteiger partial charge in [-0.15, -0.1) is 0 Å². The van der Waals surface area contributed by atoms with Crippen molar-refractivity contribution in [3.8, 4) is 0 Å². The molecule has 2 amide bonds. The minimum absolute atomic E-state index is 0.0380. The first-order valence-electron chi connectivity index (χ1n) is 7.54. The predicted molar refractivity (Wildman–Crippen MR) is 86.6 cm³/mol. The van der Waals surface area contributed by atoms with Crippen molar-refractivity contribution < 1.29 is 19.2 Å². The molecule has 1 N–H and O–H groups in total. The number of nitro groups is 1. The van der Waals surface area contributed by atoms with Crippen LogP contribution in [0.5, 0.6) is 0 Å². The molecule has 0 saturated carbocycles. The van der Waals surface area contributed by atoms with Gasteiger partial charge in [-0.1, -0.05) is 0 Å². The van der Waals surface area contributed by atoms with E-state index in [0.29, 0.717) is 32.0 Å². The molecule has 1 fully saturated rings. The minimum atomic E-state index is -0.503. The molecule has 0 unspecified atom stereocenters. The SMILES string of the molecule is CN(CC(=O)Nc1ccc([N+](=O)[O-])cc1)CC(=O)N1CCOCC1. The molecule has 0 bridgehead atoms. The van der Waals surface area contributed by atoms with Crippen LogP contribution in [0.15, 0.2) is 24.3 Å². The summed E-state index contributed by atoms with van der Waals surface area (Å²) in [6, 6.07) is 5.58. The Balaban J connectivity index is 1.78. The number of nitrogens with one attached hydrogen (secondary N) is 1.